The molecule has 0 fully saturated rings. The molecule has 0 bridgehead atoms. The zero-order valence-electron chi connectivity index (χ0n) is 10.3. The fourth-order valence-corrected chi connectivity index (χ4v) is 1.59. The molecule has 0 saturated heterocycles. The number of methoxy groups -OCH3 is 1. The topological polar surface area (TPSA) is 65.2 Å². The van der Waals surface area contributed by atoms with Gasteiger partial charge in [0, 0.05) is 12.1 Å². The molecule has 0 unspecified atom stereocenters. The number of ether oxygens (including phenoxy) is 1. The smallest absolute Gasteiger partial charge is 0.433 e. The second kappa shape index (κ2) is 6.12. The normalized spacial score (nSPS) is 11.8. The predicted octanol–water partition coefficient (Wildman–Crippen LogP) is 2.21. The van der Waals surface area contributed by atoms with Crippen molar-refractivity contribution in [1.82, 2.24) is 4.98 Å². The maximum Gasteiger partial charge on any atom is 0.433 e. The van der Waals surface area contributed by atoms with Crippen molar-refractivity contribution in [1.29, 1.82) is 0 Å². The van der Waals surface area contributed by atoms with Crippen LogP contribution in [0.15, 0.2) is 6.07 Å². The molecular weight excluding hydrogens is 287 g/mol. The van der Waals surface area contributed by atoms with Gasteiger partial charge in [-0.05, 0) is 11.6 Å². The number of carbonyl (C=O) groups is 1. The van der Waals surface area contributed by atoms with Crippen molar-refractivity contribution >= 4 is 5.97 Å². The lowest BCUT2D eigenvalue weighted by molar-refractivity contribution is -0.143. The highest BCUT2D eigenvalue weighted by Crippen LogP contribution is 2.33. The molecule has 0 aliphatic heterocycles. The van der Waals surface area contributed by atoms with Gasteiger partial charge in [0.25, 0.3) is 6.43 Å². The maximum absolute atomic E-state index is 12.9. The molecule has 0 atom stereocenters. The van der Waals surface area contributed by atoms with E-state index in [-0.39, 0.29) is 0 Å². The Bertz CT molecular complexity index is 502. The van der Waals surface area contributed by atoms with Gasteiger partial charge in [-0.2, -0.15) is 13.2 Å². The van der Waals surface area contributed by atoms with Gasteiger partial charge in [-0.25, -0.2) is 13.8 Å². The highest BCUT2D eigenvalue weighted by molar-refractivity contribution is 5.72. The van der Waals surface area contributed by atoms with E-state index in [1.807, 2.05) is 0 Å². The van der Waals surface area contributed by atoms with E-state index < -0.39 is 54.1 Å². The number of aromatic nitrogens is 1. The molecule has 0 saturated carbocycles. The lowest BCUT2D eigenvalue weighted by Gasteiger charge is -2.15. The Morgan fingerprint density at radius 3 is 2.45 bits per heavy atom. The Morgan fingerprint density at radius 2 is 2.05 bits per heavy atom. The number of hydrogen-bond acceptors (Lipinski definition) is 4. The highest BCUT2D eigenvalue weighted by atomic mass is 19.4. The third kappa shape index (κ3) is 3.62. The van der Waals surface area contributed by atoms with Gasteiger partial charge in [0.15, 0.2) is 0 Å². The number of carbonyl (C=O) groups excluding carboxylic acids is 1. The van der Waals surface area contributed by atoms with Gasteiger partial charge < -0.3 is 10.5 Å². The first-order valence-electron chi connectivity index (χ1n) is 5.35. The summed E-state index contributed by atoms with van der Waals surface area (Å²) in [6.45, 7) is -0.528. The minimum atomic E-state index is -4.82. The van der Waals surface area contributed by atoms with Crippen LogP contribution in [0.5, 0.6) is 0 Å². The van der Waals surface area contributed by atoms with Crippen LogP contribution in [-0.4, -0.2) is 18.1 Å². The first-order valence-corrected chi connectivity index (χ1v) is 5.35. The van der Waals surface area contributed by atoms with Gasteiger partial charge in [0.1, 0.15) is 5.69 Å². The molecule has 2 N–H and O–H groups in total. The van der Waals surface area contributed by atoms with E-state index in [0.717, 1.165) is 7.11 Å². The third-order valence-corrected chi connectivity index (χ3v) is 2.49. The average molecular weight is 298 g/mol. The average Bonchev–Trinajstić information content (AvgIpc) is 2.35. The molecule has 0 aromatic carbocycles. The van der Waals surface area contributed by atoms with Crippen molar-refractivity contribution in [2.24, 2.45) is 5.73 Å². The Morgan fingerprint density at radius 1 is 1.45 bits per heavy atom. The molecule has 0 aliphatic rings. The summed E-state index contributed by atoms with van der Waals surface area (Å²) in [6.07, 6.45) is -8.70. The summed E-state index contributed by atoms with van der Waals surface area (Å²) in [5.74, 6) is -0.971. The minimum absolute atomic E-state index is 0.402. The zero-order valence-corrected chi connectivity index (χ0v) is 10.3. The van der Waals surface area contributed by atoms with Crippen molar-refractivity contribution < 1.29 is 31.5 Å². The summed E-state index contributed by atoms with van der Waals surface area (Å²) in [5, 5.41) is 0. The molecule has 1 rings (SSSR count). The lowest BCUT2D eigenvalue weighted by atomic mass is 10.0. The first kappa shape index (κ1) is 16.3. The molecule has 20 heavy (non-hydrogen) atoms. The van der Waals surface area contributed by atoms with Crippen LogP contribution in [-0.2, 0) is 28.7 Å². The van der Waals surface area contributed by atoms with E-state index in [4.69, 9.17) is 5.73 Å². The maximum atomic E-state index is 12.9. The Hall–Kier alpha value is -1.77. The minimum Gasteiger partial charge on any atom is -0.469 e. The summed E-state index contributed by atoms with van der Waals surface area (Å²) < 4.78 is 68.0. The Kier molecular flexibility index (Phi) is 4.98. The van der Waals surface area contributed by atoms with Gasteiger partial charge >= 0.3 is 12.1 Å². The zero-order chi connectivity index (χ0) is 15.5. The van der Waals surface area contributed by atoms with Crippen LogP contribution in [0.25, 0.3) is 0 Å². The molecule has 0 radical (unpaired) electrons. The van der Waals surface area contributed by atoms with Crippen LogP contribution in [0.4, 0.5) is 22.0 Å². The van der Waals surface area contributed by atoms with Crippen molar-refractivity contribution in [2.45, 2.75) is 25.6 Å². The van der Waals surface area contributed by atoms with E-state index in [1.165, 1.54) is 0 Å². The summed E-state index contributed by atoms with van der Waals surface area (Å²) in [7, 11) is 0.988. The van der Waals surface area contributed by atoms with E-state index in [9.17, 15) is 26.7 Å². The molecular formula is C11H11F5N2O2. The molecule has 1 aromatic rings. The van der Waals surface area contributed by atoms with Crippen molar-refractivity contribution in [3.05, 3.63) is 28.6 Å². The summed E-state index contributed by atoms with van der Waals surface area (Å²) in [5.41, 5.74) is 1.98. The van der Waals surface area contributed by atoms with Gasteiger partial charge in [-0.3, -0.25) is 4.79 Å². The fraction of sp³-hybridized carbons (Fsp3) is 0.455. The number of hydrogen-bond donors (Lipinski definition) is 1. The van der Waals surface area contributed by atoms with E-state index in [0.29, 0.717) is 6.07 Å². The van der Waals surface area contributed by atoms with Crippen LogP contribution in [0.2, 0.25) is 0 Å². The predicted molar refractivity (Wildman–Crippen MR) is 57.8 cm³/mol. The molecule has 0 spiro atoms. The van der Waals surface area contributed by atoms with Crippen LogP contribution in [0.3, 0.4) is 0 Å². The Balaban J connectivity index is 3.45. The van der Waals surface area contributed by atoms with Crippen LogP contribution in [0.1, 0.15) is 28.9 Å². The van der Waals surface area contributed by atoms with E-state index >= 15 is 0 Å². The molecule has 4 nitrogen and oxygen atoms in total. The summed E-state index contributed by atoms with van der Waals surface area (Å²) in [4.78, 5) is 14.2. The van der Waals surface area contributed by atoms with Gasteiger partial charge in [0.05, 0.1) is 19.2 Å². The van der Waals surface area contributed by atoms with Crippen LogP contribution < -0.4 is 5.73 Å². The number of nitrogens with zero attached hydrogens (tertiary/aromatic N) is 1. The lowest BCUT2D eigenvalue weighted by Crippen LogP contribution is -2.18. The summed E-state index contributed by atoms with van der Waals surface area (Å²) in [6, 6.07) is 0.461. The van der Waals surface area contributed by atoms with E-state index in [2.05, 4.69) is 9.72 Å². The monoisotopic (exact) mass is 298 g/mol. The number of alkyl halides is 5. The SMILES string of the molecule is COC(=O)Cc1nc(C(F)(F)F)cc(CN)c1C(F)F. The molecule has 1 aromatic heterocycles. The highest BCUT2D eigenvalue weighted by Gasteiger charge is 2.35. The molecule has 9 heteroatoms. The van der Waals surface area contributed by atoms with Crippen LogP contribution >= 0.6 is 0 Å². The van der Waals surface area contributed by atoms with Gasteiger partial charge in [-0.15, -0.1) is 0 Å². The molecule has 0 amide bonds. The summed E-state index contributed by atoms with van der Waals surface area (Å²) >= 11 is 0. The molecule has 112 valence electrons. The number of pyridine rings is 1. The van der Waals surface area contributed by atoms with Gasteiger partial charge in [-0.1, -0.05) is 0 Å². The van der Waals surface area contributed by atoms with Crippen molar-refractivity contribution in [3.63, 3.8) is 0 Å². The quantitative estimate of drug-likeness (QED) is 0.683. The first-order chi connectivity index (χ1) is 9.20. The number of halogens is 5. The van der Waals surface area contributed by atoms with Gasteiger partial charge in [0.2, 0.25) is 0 Å². The molecule has 1 heterocycles. The molecule has 0 aliphatic carbocycles. The van der Waals surface area contributed by atoms with Crippen molar-refractivity contribution in [3.8, 4) is 0 Å². The largest absolute Gasteiger partial charge is 0.469 e. The second-order valence-electron chi connectivity index (χ2n) is 3.78. The fourth-order valence-electron chi connectivity index (χ4n) is 1.59. The number of nitrogens with two attached hydrogens (primary N) is 1. The second-order valence-corrected chi connectivity index (χ2v) is 3.78. The Labute approximate surface area is 110 Å². The number of esters is 1. The third-order valence-electron chi connectivity index (χ3n) is 2.49. The standard InChI is InChI=1S/C11H11F5N2O2/c1-20-8(19)3-6-9(10(12)13)5(4-17)2-7(18-6)11(14,15)16/h2,10H,3-4,17H2,1H3. The van der Waals surface area contributed by atoms with Crippen molar-refractivity contribution in [2.75, 3.05) is 7.11 Å². The number of rotatable bonds is 4. The van der Waals surface area contributed by atoms with E-state index in [1.54, 1.807) is 0 Å². The van der Waals surface area contributed by atoms with Crippen LogP contribution in [0, 0.1) is 0 Å².